The lowest BCUT2D eigenvalue weighted by molar-refractivity contribution is -0.138. The van der Waals surface area contributed by atoms with Gasteiger partial charge >= 0.3 is 5.97 Å². The molecule has 0 amide bonds. The maximum atomic E-state index is 10.9. The third-order valence-corrected chi connectivity index (χ3v) is 2.03. The fraction of sp³-hybridized carbons (Fsp3) is 0.300. The number of hydrogen-bond acceptors (Lipinski definition) is 4. The van der Waals surface area contributed by atoms with Crippen molar-refractivity contribution in [1.29, 1.82) is 0 Å². The molecule has 4 nitrogen and oxygen atoms in total. The molecule has 0 saturated heterocycles. The average Bonchev–Trinajstić information content (AvgIpc) is 2.20. The second kappa shape index (κ2) is 4.50. The number of nitrogen functional groups attached to an aromatic ring is 1. The molecule has 3 N–H and O–H groups in total. The predicted molar refractivity (Wildman–Crippen MR) is 56.1 cm³/mol. The van der Waals surface area contributed by atoms with E-state index in [1.165, 1.54) is 7.11 Å². The summed E-state index contributed by atoms with van der Waals surface area (Å²) >= 11 is 0. The quantitative estimate of drug-likeness (QED) is 0.560. The number of carbonyl (C=O) groups is 1. The monoisotopic (exact) mass is 194 g/mol. The van der Waals surface area contributed by atoms with E-state index in [9.17, 15) is 4.79 Å². The van der Waals surface area contributed by atoms with Gasteiger partial charge in [0.2, 0.25) is 0 Å². The molecule has 0 aromatic heterocycles. The van der Waals surface area contributed by atoms with Crippen LogP contribution in [0.5, 0.6) is 0 Å². The number of anilines is 2. The van der Waals surface area contributed by atoms with Gasteiger partial charge in [-0.05, 0) is 24.6 Å². The highest BCUT2D eigenvalue weighted by Gasteiger charge is 2.03. The molecule has 0 heterocycles. The van der Waals surface area contributed by atoms with Crippen molar-refractivity contribution in [2.24, 2.45) is 0 Å². The van der Waals surface area contributed by atoms with Crippen LogP contribution in [0.4, 0.5) is 11.4 Å². The Labute approximate surface area is 83.1 Å². The van der Waals surface area contributed by atoms with E-state index < -0.39 is 0 Å². The summed E-state index contributed by atoms with van der Waals surface area (Å²) in [6, 6.07) is 5.52. The maximum absolute atomic E-state index is 10.9. The zero-order valence-corrected chi connectivity index (χ0v) is 8.33. The minimum Gasteiger partial charge on any atom is -0.468 e. The summed E-state index contributed by atoms with van der Waals surface area (Å²) in [6.45, 7) is 2.05. The second-order valence-electron chi connectivity index (χ2n) is 2.95. The molecule has 14 heavy (non-hydrogen) atoms. The molecule has 76 valence electrons. The van der Waals surface area contributed by atoms with Gasteiger partial charge in [0.25, 0.3) is 0 Å². The van der Waals surface area contributed by atoms with Crippen LogP contribution in [0.3, 0.4) is 0 Å². The van der Waals surface area contributed by atoms with Gasteiger partial charge in [-0.15, -0.1) is 0 Å². The highest BCUT2D eigenvalue weighted by Crippen LogP contribution is 2.19. The number of nitrogens with one attached hydrogen (secondary N) is 1. The molecule has 0 bridgehead atoms. The van der Waals surface area contributed by atoms with Gasteiger partial charge in [0, 0.05) is 11.4 Å². The molecule has 0 fully saturated rings. The van der Waals surface area contributed by atoms with Crippen LogP contribution < -0.4 is 11.1 Å². The zero-order chi connectivity index (χ0) is 10.6. The van der Waals surface area contributed by atoms with E-state index in [1.807, 2.05) is 25.1 Å². The van der Waals surface area contributed by atoms with Gasteiger partial charge in [0.1, 0.15) is 6.54 Å². The van der Waals surface area contributed by atoms with Crippen molar-refractivity contribution in [3.05, 3.63) is 23.8 Å². The first kappa shape index (κ1) is 10.4. The summed E-state index contributed by atoms with van der Waals surface area (Å²) in [4.78, 5) is 10.9. The Morgan fingerprint density at radius 3 is 2.93 bits per heavy atom. The summed E-state index contributed by atoms with van der Waals surface area (Å²) in [7, 11) is 1.36. The lowest BCUT2D eigenvalue weighted by atomic mass is 10.1. The molecular weight excluding hydrogens is 180 g/mol. The van der Waals surface area contributed by atoms with Gasteiger partial charge in [-0.1, -0.05) is 6.07 Å². The molecule has 0 spiro atoms. The van der Waals surface area contributed by atoms with Crippen LogP contribution in [0, 0.1) is 6.92 Å². The zero-order valence-electron chi connectivity index (χ0n) is 8.33. The van der Waals surface area contributed by atoms with Crippen LogP contribution in [0.15, 0.2) is 18.2 Å². The summed E-state index contributed by atoms with van der Waals surface area (Å²) in [5.41, 5.74) is 8.21. The molecule has 0 aliphatic carbocycles. The van der Waals surface area contributed by atoms with E-state index in [4.69, 9.17) is 5.73 Å². The molecule has 1 aromatic rings. The number of rotatable bonds is 3. The topological polar surface area (TPSA) is 64.3 Å². The molecule has 0 saturated carbocycles. The van der Waals surface area contributed by atoms with Crippen LogP contribution in [0.1, 0.15) is 5.56 Å². The van der Waals surface area contributed by atoms with Crippen molar-refractivity contribution < 1.29 is 9.53 Å². The number of nitrogens with two attached hydrogens (primary N) is 1. The Kier molecular flexibility index (Phi) is 3.34. The Bertz CT molecular complexity index is 337. The Morgan fingerprint density at radius 1 is 1.57 bits per heavy atom. The molecule has 0 aliphatic heterocycles. The van der Waals surface area contributed by atoms with Crippen LogP contribution in [0.2, 0.25) is 0 Å². The summed E-state index contributed by atoms with van der Waals surface area (Å²) in [5.74, 6) is -0.299. The number of methoxy groups -OCH3 is 1. The van der Waals surface area contributed by atoms with Gasteiger partial charge in [0.15, 0.2) is 0 Å². The number of benzene rings is 1. The van der Waals surface area contributed by atoms with E-state index in [0.717, 1.165) is 11.3 Å². The largest absolute Gasteiger partial charge is 0.468 e. The van der Waals surface area contributed by atoms with E-state index in [0.29, 0.717) is 5.69 Å². The third kappa shape index (κ3) is 2.39. The minimum atomic E-state index is -0.299. The van der Waals surface area contributed by atoms with Gasteiger partial charge in [0.05, 0.1) is 7.11 Å². The summed E-state index contributed by atoms with van der Waals surface area (Å²) in [6.07, 6.45) is 0. The van der Waals surface area contributed by atoms with Crippen LogP contribution in [-0.4, -0.2) is 19.6 Å². The summed E-state index contributed by atoms with van der Waals surface area (Å²) < 4.78 is 4.51. The van der Waals surface area contributed by atoms with Gasteiger partial charge in [-0.3, -0.25) is 4.79 Å². The van der Waals surface area contributed by atoms with E-state index in [1.54, 1.807) is 0 Å². The molecule has 1 rings (SSSR count). The Hall–Kier alpha value is -1.71. The number of hydrogen-bond donors (Lipinski definition) is 2. The van der Waals surface area contributed by atoms with Crippen LogP contribution in [-0.2, 0) is 9.53 Å². The molecule has 1 aromatic carbocycles. The molecule has 0 atom stereocenters. The molecule has 0 radical (unpaired) electrons. The highest BCUT2D eigenvalue weighted by molar-refractivity contribution is 5.76. The minimum absolute atomic E-state index is 0.154. The van der Waals surface area contributed by atoms with Crippen molar-refractivity contribution in [3.63, 3.8) is 0 Å². The Morgan fingerprint density at radius 2 is 2.29 bits per heavy atom. The second-order valence-corrected chi connectivity index (χ2v) is 2.95. The maximum Gasteiger partial charge on any atom is 0.325 e. The number of carbonyl (C=O) groups excluding carboxylic acids is 1. The Balaban J connectivity index is 2.68. The van der Waals surface area contributed by atoms with Crippen molar-refractivity contribution in [2.75, 3.05) is 24.7 Å². The molecule has 0 unspecified atom stereocenters. The molecule has 0 aliphatic rings. The number of ether oxygens (including phenoxy) is 1. The normalized spacial score (nSPS) is 9.57. The summed E-state index contributed by atoms with van der Waals surface area (Å²) in [5, 5.41) is 2.95. The first-order valence-corrected chi connectivity index (χ1v) is 4.31. The van der Waals surface area contributed by atoms with Crippen molar-refractivity contribution in [2.45, 2.75) is 6.92 Å². The average molecular weight is 194 g/mol. The first-order chi connectivity index (χ1) is 6.65. The SMILES string of the molecule is COC(=O)CNc1cccc(N)c1C. The molecule has 4 heteroatoms. The first-order valence-electron chi connectivity index (χ1n) is 4.31. The standard InChI is InChI=1S/C10H14N2O2/c1-7-8(11)4-3-5-9(7)12-6-10(13)14-2/h3-5,12H,6,11H2,1-2H3. The highest BCUT2D eigenvalue weighted by atomic mass is 16.5. The smallest absolute Gasteiger partial charge is 0.325 e. The van der Waals surface area contributed by atoms with Crippen LogP contribution in [0.25, 0.3) is 0 Å². The van der Waals surface area contributed by atoms with Crippen molar-refractivity contribution in [3.8, 4) is 0 Å². The molecular formula is C10H14N2O2. The lowest BCUT2D eigenvalue weighted by Crippen LogP contribution is -2.15. The van der Waals surface area contributed by atoms with Gasteiger partial charge in [-0.2, -0.15) is 0 Å². The fourth-order valence-electron chi connectivity index (χ4n) is 1.08. The van der Waals surface area contributed by atoms with Crippen LogP contribution >= 0.6 is 0 Å². The van der Waals surface area contributed by atoms with E-state index in [2.05, 4.69) is 10.1 Å². The predicted octanol–water partition coefficient (Wildman–Crippen LogP) is 1.16. The van der Waals surface area contributed by atoms with E-state index in [-0.39, 0.29) is 12.5 Å². The van der Waals surface area contributed by atoms with Gasteiger partial charge in [-0.25, -0.2) is 0 Å². The third-order valence-electron chi connectivity index (χ3n) is 2.03. The van der Waals surface area contributed by atoms with Crippen molar-refractivity contribution in [1.82, 2.24) is 0 Å². The number of esters is 1. The fourth-order valence-corrected chi connectivity index (χ4v) is 1.08. The van der Waals surface area contributed by atoms with Gasteiger partial charge < -0.3 is 15.8 Å². The lowest BCUT2D eigenvalue weighted by Gasteiger charge is -2.09. The van der Waals surface area contributed by atoms with E-state index >= 15 is 0 Å². The van der Waals surface area contributed by atoms with Crippen molar-refractivity contribution >= 4 is 17.3 Å².